The van der Waals surface area contributed by atoms with Crippen molar-refractivity contribution >= 4 is 10.9 Å². The number of aromatic nitrogens is 3. The fourth-order valence-electron chi connectivity index (χ4n) is 3.89. The SMILES string of the molecule is Cc1ccc(Cc2cc3c(=O)n([C@H]4CCOC[C@@H]4O)cnc3c(C)c2C)cn1. The predicted molar refractivity (Wildman–Crippen MR) is 108 cm³/mol. The van der Waals surface area contributed by atoms with Crippen LogP contribution in [-0.4, -0.2) is 39.0 Å². The molecule has 2 atom stereocenters. The number of pyridine rings is 1. The van der Waals surface area contributed by atoms with Crippen molar-refractivity contribution in [3.8, 4) is 0 Å². The number of hydrogen-bond donors (Lipinski definition) is 1. The molecule has 0 unspecified atom stereocenters. The zero-order valence-electron chi connectivity index (χ0n) is 16.5. The Morgan fingerprint density at radius 1 is 1.21 bits per heavy atom. The van der Waals surface area contributed by atoms with Crippen LogP contribution in [0.25, 0.3) is 10.9 Å². The Labute approximate surface area is 163 Å². The molecule has 0 saturated carbocycles. The third kappa shape index (κ3) is 3.34. The molecule has 4 rings (SSSR count). The number of aryl methyl sites for hydroxylation is 2. The van der Waals surface area contributed by atoms with E-state index in [9.17, 15) is 9.90 Å². The second kappa shape index (κ2) is 7.45. The Bertz CT molecular complexity index is 1070. The third-order valence-corrected chi connectivity index (χ3v) is 5.76. The quantitative estimate of drug-likeness (QED) is 0.757. The van der Waals surface area contributed by atoms with Crippen LogP contribution >= 0.6 is 0 Å². The van der Waals surface area contributed by atoms with Crippen molar-refractivity contribution in [1.82, 2.24) is 14.5 Å². The van der Waals surface area contributed by atoms with Gasteiger partial charge in [0.15, 0.2) is 0 Å². The normalized spacial score (nSPS) is 19.9. The molecule has 0 aliphatic carbocycles. The summed E-state index contributed by atoms with van der Waals surface area (Å²) in [7, 11) is 0. The molecule has 6 heteroatoms. The molecular weight excluding hydrogens is 354 g/mol. The van der Waals surface area contributed by atoms with Gasteiger partial charge in [-0.1, -0.05) is 6.07 Å². The summed E-state index contributed by atoms with van der Waals surface area (Å²) in [5.74, 6) is 0. The highest BCUT2D eigenvalue weighted by Gasteiger charge is 2.27. The molecular formula is C22H25N3O3. The van der Waals surface area contributed by atoms with Gasteiger partial charge in [0.2, 0.25) is 0 Å². The summed E-state index contributed by atoms with van der Waals surface area (Å²) in [6.45, 7) is 6.82. The van der Waals surface area contributed by atoms with Gasteiger partial charge in [-0.25, -0.2) is 4.98 Å². The maximum Gasteiger partial charge on any atom is 0.261 e. The largest absolute Gasteiger partial charge is 0.389 e. The summed E-state index contributed by atoms with van der Waals surface area (Å²) >= 11 is 0. The van der Waals surface area contributed by atoms with Gasteiger partial charge in [0, 0.05) is 18.5 Å². The molecule has 6 nitrogen and oxygen atoms in total. The lowest BCUT2D eigenvalue weighted by Crippen LogP contribution is -2.39. The van der Waals surface area contributed by atoms with E-state index in [1.165, 1.54) is 0 Å². The van der Waals surface area contributed by atoms with Crippen LogP contribution in [0.3, 0.4) is 0 Å². The summed E-state index contributed by atoms with van der Waals surface area (Å²) in [5.41, 5.74) is 5.97. The molecule has 1 saturated heterocycles. The van der Waals surface area contributed by atoms with Crippen LogP contribution in [0.4, 0.5) is 0 Å². The molecule has 2 aromatic heterocycles. The number of hydrogen-bond acceptors (Lipinski definition) is 5. The van der Waals surface area contributed by atoms with Crippen molar-refractivity contribution in [3.63, 3.8) is 0 Å². The van der Waals surface area contributed by atoms with Crippen molar-refractivity contribution in [3.05, 3.63) is 69.0 Å². The number of ether oxygens (including phenoxy) is 1. The minimum Gasteiger partial charge on any atom is -0.389 e. The van der Waals surface area contributed by atoms with Crippen molar-refractivity contribution < 1.29 is 9.84 Å². The molecule has 3 heterocycles. The highest BCUT2D eigenvalue weighted by molar-refractivity contribution is 5.83. The number of rotatable bonds is 3. The van der Waals surface area contributed by atoms with Crippen LogP contribution in [-0.2, 0) is 11.2 Å². The van der Waals surface area contributed by atoms with Gasteiger partial charge in [-0.2, -0.15) is 0 Å². The van der Waals surface area contributed by atoms with E-state index in [4.69, 9.17) is 4.74 Å². The maximum atomic E-state index is 13.2. The first-order valence-electron chi connectivity index (χ1n) is 9.63. The van der Waals surface area contributed by atoms with E-state index in [0.717, 1.165) is 33.5 Å². The fraction of sp³-hybridized carbons (Fsp3) is 0.409. The summed E-state index contributed by atoms with van der Waals surface area (Å²) in [6.07, 6.45) is 4.06. The first-order chi connectivity index (χ1) is 13.5. The van der Waals surface area contributed by atoms with E-state index in [1.54, 1.807) is 10.9 Å². The molecule has 1 aliphatic rings. The highest BCUT2D eigenvalue weighted by atomic mass is 16.5. The first-order valence-corrected chi connectivity index (χ1v) is 9.63. The Morgan fingerprint density at radius 3 is 2.75 bits per heavy atom. The van der Waals surface area contributed by atoms with Crippen molar-refractivity contribution in [2.75, 3.05) is 13.2 Å². The predicted octanol–water partition coefficient (Wildman–Crippen LogP) is 2.63. The number of aliphatic hydroxyl groups is 1. The maximum absolute atomic E-state index is 13.2. The zero-order valence-corrected chi connectivity index (χ0v) is 16.5. The Kier molecular flexibility index (Phi) is 5.00. The minimum atomic E-state index is -0.699. The number of nitrogens with zero attached hydrogens (tertiary/aromatic N) is 3. The topological polar surface area (TPSA) is 77.2 Å². The second-order valence-corrected chi connectivity index (χ2v) is 7.62. The second-order valence-electron chi connectivity index (χ2n) is 7.62. The lowest BCUT2D eigenvalue weighted by Gasteiger charge is -2.29. The van der Waals surface area contributed by atoms with E-state index < -0.39 is 6.10 Å². The number of fused-ring (bicyclic) bond motifs is 1. The average molecular weight is 379 g/mol. The van der Waals surface area contributed by atoms with Crippen LogP contribution in [0, 0.1) is 20.8 Å². The molecule has 1 fully saturated rings. The van der Waals surface area contributed by atoms with Crippen LogP contribution < -0.4 is 5.56 Å². The summed E-state index contributed by atoms with van der Waals surface area (Å²) in [5, 5.41) is 10.9. The van der Waals surface area contributed by atoms with Gasteiger partial charge in [-0.3, -0.25) is 14.3 Å². The fourth-order valence-corrected chi connectivity index (χ4v) is 3.89. The van der Waals surface area contributed by atoms with Crippen molar-refractivity contribution in [2.45, 2.75) is 45.8 Å². The van der Waals surface area contributed by atoms with Gasteiger partial charge in [-0.05, 0) is 68.0 Å². The van der Waals surface area contributed by atoms with Gasteiger partial charge in [0.05, 0.1) is 36.0 Å². The third-order valence-electron chi connectivity index (χ3n) is 5.76. The molecule has 1 N–H and O–H groups in total. The monoisotopic (exact) mass is 379 g/mol. The van der Waals surface area contributed by atoms with Crippen LogP contribution in [0.5, 0.6) is 0 Å². The molecule has 3 aromatic rings. The Hall–Kier alpha value is -2.57. The van der Waals surface area contributed by atoms with Crippen molar-refractivity contribution in [2.24, 2.45) is 0 Å². The van der Waals surface area contributed by atoms with Gasteiger partial charge >= 0.3 is 0 Å². The summed E-state index contributed by atoms with van der Waals surface area (Å²) < 4.78 is 6.87. The van der Waals surface area contributed by atoms with E-state index in [2.05, 4.69) is 23.0 Å². The van der Waals surface area contributed by atoms with E-state index in [0.29, 0.717) is 24.8 Å². The molecule has 0 radical (unpaired) electrons. The van der Waals surface area contributed by atoms with Gasteiger partial charge < -0.3 is 9.84 Å². The van der Waals surface area contributed by atoms with E-state index >= 15 is 0 Å². The van der Waals surface area contributed by atoms with Crippen LogP contribution in [0.2, 0.25) is 0 Å². The molecule has 1 aromatic carbocycles. The molecule has 146 valence electrons. The smallest absolute Gasteiger partial charge is 0.261 e. The van der Waals surface area contributed by atoms with Gasteiger partial charge in [-0.15, -0.1) is 0 Å². The molecule has 0 spiro atoms. The minimum absolute atomic E-state index is 0.109. The van der Waals surface area contributed by atoms with Gasteiger partial charge in [0.25, 0.3) is 5.56 Å². The molecule has 0 amide bonds. The van der Waals surface area contributed by atoms with Gasteiger partial charge in [0.1, 0.15) is 0 Å². The van der Waals surface area contributed by atoms with Crippen LogP contribution in [0.15, 0.2) is 35.5 Å². The highest BCUT2D eigenvalue weighted by Crippen LogP contribution is 2.25. The first kappa shape index (κ1) is 18.8. The van der Waals surface area contributed by atoms with E-state index in [1.807, 2.05) is 32.2 Å². The average Bonchev–Trinajstić information content (AvgIpc) is 2.69. The Morgan fingerprint density at radius 2 is 2.04 bits per heavy atom. The lowest BCUT2D eigenvalue weighted by atomic mass is 9.95. The van der Waals surface area contributed by atoms with Crippen LogP contribution in [0.1, 0.15) is 40.4 Å². The standard InChI is InChI=1S/C22H25N3O3/c1-13-4-5-16(10-23-13)8-17-9-18-21(15(3)14(17)2)24-12-25(22(18)27)19-6-7-28-11-20(19)26/h4-5,9-10,12,19-20,26H,6-8,11H2,1-3H3/t19-,20-/m0/s1. The molecule has 0 bridgehead atoms. The molecule has 28 heavy (non-hydrogen) atoms. The summed E-state index contributed by atoms with van der Waals surface area (Å²) in [4.78, 5) is 22.2. The number of benzene rings is 1. The van der Waals surface area contributed by atoms with Crippen molar-refractivity contribution in [1.29, 1.82) is 0 Å². The lowest BCUT2D eigenvalue weighted by molar-refractivity contribution is -0.0395. The number of aliphatic hydroxyl groups excluding tert-OH is 1. The Balaban J connectivity index is 1.81. The zero-order chi connectivity index (χ0) is 19.8. The van der Waals surface area contributed by atoms with E-state index in [-0.39, 0.29) is 18.2 Å². The molecule has 1 aliphatic heterocycles. The summed E-state index contributed by atoms with van der Waals surface area (Å²) in [6, 6.07) is 5.72.